The summed E-state index contributed by atoms with van der Waals surface area (Å²) in [5.74, 6) is -0.294. The molecule has 0 aliphatic heterocycles. The van der Waals surface area contributed by atoms with Gasteiger partial charge in [-0.2, -0.15) is 14.9 Å². The minimum Gasteiger partial charge on any atom is -0.344 e. The van der Waals surface area contributed by atoms with E-state index >= 15 is 0 Å². The van der Waals surface area contributed by atoms with Gasteiger partial charge in [-0.1, -0.05) is 36.4 Å². The zero-order valence-electron chi connectivity index (χ0n) is 19.1. The molecule has 2 aromatic heterocycles. The van der Waals surface area contributed by atoms with E-state index in [2.05, 4.69) is 41.0 Å². The van der Waals surface area contributed by atoms with Crippen molar-refractivity contribution < 1.29 is 4.79 Å². The van der Waals surface area contributed by atoms with Crippen molar-refractivity contribution in [1.29, 1.82) is 0 Å². The highest BCUT2D eigenvalue weighted by Crippen LogP contribution is 2.32. The van der Waals surface area contributed by atoms with Crippen LogP contribution < -0.4 is 10.9 Å². The predicted molar refractivity (Wildman–Crippen MR) is 128 cm³/mol. The van der Waals surface area contributed by atoms with Crippen molar-refractivity contribution in [3.8, 4) is 5.69 Å². The smallest absolute Gasteiger partial charge is 0.279 e. The summed E-state index contributed by atoms with van der Waals surface area (Å²) in [7, 11) is 0. The maximum atomic E-state index is 13.5. The number of benzene rings is 2. The summed E-state index contributed by atoms with van der Waals surface area (Å²) in [6, 6.07) is 16.2. The highest BCUT2D eigenvalue weighted by Gasteiger charge is 2.30. The van der Waals surface area contributed by atoms with Crippen molar-refractivity contribution in [3.05, 3.63) is 88.1 Å². The first-order valence-corrected chi connectivity index (χ1v) is 11.3. The van der Waals surface area contributed by atoms with Crippen molar-refractivity contribution in [1.82, 2.24) is 24.9 Å². The Kier molecular flexibility index (Phi) is 5.12. The number of hydrogen-bond donors (Lipinski definition) is 1. The maximum absolute atomic E-state index is 13.5. The fourth-order valence-electron chi connectivity index (χ4n) is 4.61. The van der Waals surface area contributed by atoms with Crippen LogP contribution in [0.5, 0.6) is 0 Å². The Morgan fingerprint density at radius 1 is 1.03 bits per heavy atom. The van der Waals surface area contributed by atoms with E-state index in [9.17, 15) is 9.59 Å². The highest BCUT2D eigenvalue weighted by molar-refractivity contribution is 6.05. The second-order valence-corrected chi connectivity index (χ2v) is 9.49. The van der Waals surface area contributed by atoms with Crippen molar-refractivity contribution in [2.75, 3.05) is 0 Å². The summed E-state index contributed by atoms with van der Waals surface area (Å²) in [6.07, 6.45) is 4.63. The van der Waals surface area contributed by atoms with Crippen LogP contribution in [0.3, 0.4) is 0 Å². The summed E-state index contributed by atoms with van der Waals surface area (Å²) in [4.78, 5) is 26.6. The average molecular weight is 442 g/mol. The monoisotopic (exact) mass is 441 g/mol. The zero-order valence-corrected chi connectivity index (χ0v) is 19.1. The van der Waals surface area contributed by atoms with Gasteiger partial charge in [0.05, 0.1) is 28.9 Å². The standard InChI is InChI=1S/C26H27N5O2/c1-26(2,3)31-22-15-9-14-21(20(22)16-27-31)28-24(32)23-18-12-7-8-13-19(18)25(33)30(29-23)17-10-5-4-6-11-17/h4-8,10-13,16,21H,9,14-15H2,1-3H3,(H,28,32)/t21-/m1/s1. The number of fused-ring (bicyclic) bond motifs is 2. The summed E-state index contributed by atoms with van der Waals surface area (Å²) in [5.41, 5.74) is 2.72. The third kappa shape index (κ3) is 3.73. The minimum absolute atomic E-state index is 0.123. The van der Waals surface area contributed by atoms with Gasteiger partial charge >= 0.3 is 0 Å². The molecule has 0 unspecified atom stereocenters. The van der Waals surface area contributed by atoms with Gasteiger partial charge in [0, 0.05) is 16.6 Å². The van der Waals surface area contributed by atoms with E-state index < -0.39 is 0 Å². The topological polar surface area (TPSA) is 81.8 Å². The molecule has 7 nitrogen and oxygen atoms in total. The lowest BCUT2D eigenvalue weighted by Crippen LogP contribution is -2.34. The molecule has 1 amide bonds. The molecule has 7 heteroatoms. The fourth-order valence-corrected chi connectivity index (χ4v) is 4.61. The Morgan fingerprint density at radius 2 is 1.73 bits per heavy atom. The number of amides is 1. The summed E-state index contributed by atoms with van der Waals surface area (Å²) in [6.45, 7) is 6.39. The van der Waals surface area contributed by atoms with Gasteiger partial charge in [0.1, 0.15) is 0 Å². The molecule has 0 saturated carbocycles. The van der Waals surface area contributed by atoms with E-state index in [1.807, 2.05) is 30.5 Å². The van der Waals surface area contributed by atoms with Crippen LogP contribution in [0.2, 0.25) is 0 Å². The van der Waals surface area contributed by atoms with Crippen LogP contribution in [0.1, 0.15) is 61.4 Å². The highest BCUT2D eigenvalue weighted by atomic mass is 16.2. The van der Waals surface area contributed by atoms with Gasteiger partial charge in [-0.3, -0.25) is 14.3 Å². The summed E-state index contributed by atoms with van der Waals surface area (Å²) >= 11 is 0. The van der Waals surface area contributed by atoms with Gasteiger partial charge in [0.2, 0.25) is 0 Å². The van der Waals surface area contributed by atoms with Gasteiger partial charge in [0.15, 0.2) is 5.69 Å². The predicted octanol–water partition coefficient (Wildman–Crippen LogP) is 4.14. The van der Waals surface area contributed by atoms with Crippen LogP contribution in [0.25, 0.3) is 16.5 Å². The molecule has 0 spiro atoms. The van der Waals surface area contributed by atoms with Gasteiger partial charge in [-0.05, 0) is 58.2 Å². The Balaban J connectivity index is 1.56. The SMILES string of the molecule is CC(C)(C)n1ncc2c1CCC[C@H]2NC(=O)c1nn(-c2ccccc2)c(=O)c2ccccc12. The second-order valence-electron chi connectivity index (χ2n) is 9.49. The van der Waals surface area contributed by atoms with E-state index in [0.717, 1.165) is 24.8 Å². The quantitative estimate of drug-likeness (QED) is 0.518. The molecule has 5 rings (SSSR count). The van der Waals surface area contributed by atoms with Gasteiger partial charge < -0.3 is 5.32 Å². The molecule has 2 aromatic carbocycles. The minimum atomic E-state index is -0.294. The number of carbonyl (C=O) groups excluding carboxylic acids is 1. The lowest BCUT2D eigenvalue weighted by Gasteiger charge is -2.28. The Labute approximate surface area is 192 Å². The summed E-state index contributed by atoms with van der Waals surface area (Å²) < 4.78 is 3.37. The number of carbonyl (C=O) groups is 1. The van der Waals surface area contributed by atoms with Crippen LogP contribution >= 0.6 is 0 Å². The van der Waals surface area contributed by atoms with Crippen LogP contribution in [0, 0.1) is 0 Å². The van der Waals surface area contributed by atoms with Crippen molar-refractivity contribution in [3.63, 3.8) is 0 Å². The Hall–Kier alpha value is -3.74. The van der Waals surface area contributed by atoms with E-state index in [-0.39, 0.29) is 28.7 Å². The fraction of sp³-hybridized carbons (Fsp3) is 0.308. The zero-order chi connectivity index (χ0) is 23.2. The molecule has 4 aromatic rings. The number of hydrogen-bond acceptors (Lipinski definition) is 4. The first kappa shape index (κ1) is 21.1. The molecular weight excluding hydrogens is 414 g/mol. The lowest BCUT2D eigenvalue weighted by atomic mass is 9.92. The van der Waals surface area contributed by atoms with Gasteiger partial charge in [-0.25, -0.2) is 0 Å². The number of rotatable bonds is 3. The second kappa shape index (κ2) is 7.99. The molecule has 1 aliphatic rings. The van der Waals surface area contributed by atoms with Gasteiger partial charge in [-0.15, -0.1) is 0 Å². The Bertz CT molecular complexity index is 1400. The third-order valence-electron chi connectivity index (χ3n) is 6.14. The molecule has 168 valence electrons. The average Bonchev–Trinajstić information content (AvgIpc) is 3.26. The van der Waals surface area contributed by atoms with Crippen LogP contribution in [-0.4, -0.2) is 25.5 Å². The van der Waals surface area contributed by atoms with Crippen LogP contribution in [0.15, 0.2) is 65.6 Å². The van der Waals surface area contributed by atoms with Gasteiger partial charge in [0.25, 0.3) is 11.5 Å². The lowest BCUT2D eigenvalue weighted by molar-refractivity contribution is 0.0927. The largest absolute Gasteiger partial charge is 0.344 e. The van der Waals surface area contributed by atoms with E-state index in [0.29, 0.717) is 16.5 Å². The van der Waals surface area contributed by atoms with E-state index in [1.54, 1.807) is 30.3 Å². The molecular formula is C26H27N5O2. The number of nitrogens with zero attached hydrogens (tertiary/aromatic N) is 4. The molecule has 0 saturated heterocycles. The maximum Gasteiger partial charge on any atom is 0.279 e. The number of nitrogens with one attached hydrogen (secondary N) is 1. The first-order chi connectivity index (χ1) is 15.8. The van der Waals surface area contributed by atoms with Crippen LogP contribution in [-0.2, 0) is 12.0 Å². The molecule has 0 bridgehead atoms. The van der Waals surface area contributed by atoms with Crippen LogP contribution in [0.4, 0.5) is 0 Å². The Morgan fingerprint density at radius 3 is 2.45 bits per heavy atom. The van der Waals surface area contributed by atoms with Crippen molar-refractivity contribution in [2.45, 2.75) is 51.6 Å². The molecule has 33 heavy (non-hydrogen) atoms. The molecule has 1 atom stereocenters. The molecule has 2 heterocycles. The van der Waals surface area contributed by atoms with Crippen molar-refractivity contribution >= 4 is 16.7 Å². The summed E-state index contributed by atoms with van der Waals surface area (Å²) in [5, 5.41) is 13.3. The van der Waals surface area contributed by atoms with E-state index in [4.69, 9.17) is 0 Å². The number of para-hydroxylation sites is 1. The number of aromatic nitrogens is 4. The molecule has 1 aliphatic carbocycles. The molecule has 0 radical (unpaired) electrons. The normalized spacial score (nSPS) is 15.9. The van der Waals surface area contributed by atoms with E-state index in [1.165, 1.54) is 10.4 Å². The first-order valence-electron chi connectivity index (χ1n) is 11.3. The molecule has 1 N–H and O–H groups in total. The van der Waals surface area contributed by atoms with Crippen molar-refractivity contribution in [2.24, 2.45) is 0 Å². The third-order valence-corrected chi connectivity index (χ3v) is 6.14. The molecule has 0 fully saturated rings.